The van der Waals surface area contributed by atoms with Crippen LogP contribution in [0.2, 0.25) is 0 Å². The van der Waals surface area contributed by atoms with Crippen LogP contribution >= 0.6 is 0 Å². The predicted molar refractivity (Wildman–Crippen MR) is 107 cm³/mol. The van der Waals surface area contributed by atoms with Crippen molar-refractivity contribution in [3.05, 3.63) is 60.2 Å². The number of tetrazole rings is 1. The van der Waals surface area contributed by atoms with Crippen LogP contribution in [0.4, 0.5) is 10.5 Å². The van der Waals surface area contributed by atoms with Crippen LogP contribution in [0.3, 0.4) is 0 Å². The van der Waals surface area contributed by atoms with Crippen molar-refractivity contribution in [1.82, 2.24) is 30.8 Å². The summed E-state index contributed by atoms with van der Waals surface area (Å²) in [6, 6.07) is 16.8. The third kappa shape index (κ3) is 4.95. The van der Waals surface area contributed by atoms with E-state index in [0.29, 0.717) is 18.4 Å². The molecule has 9 heteroatoms. The average Bonchev–Trinajstić information content (AvgIpc) is 3.48. The molecule has 9 nitrogen and oxygen atoms in total. The van der Waals surface area contributed by atoms with E-state index in [1.807, 2.05) is 59.3 Å². The Morgan fingerprint density at radius 3 is 2.69 bits per heavy atom. The number of anilines is 1. The van der Waals surface area contributed by atoms with Crippen LogP contribution in [0.1, 0.15) is 24.4 Å². The molecule has 3 aromatic rings. The number of aromatic nitrogens is 4. The van der Waals surface area contributed by atoms with Gasteiger partial charge in [0.25, 0.3) is 0 Å². The van der Waals surface area contributed by atoms with Crippen LogP contribution in [0.5, 0.6) is 0 Å². The maximum absolute atomic E-state index is 12.0. The van der Waals surface area contributed by atoms with Crippen molar-refractivity contribution in [2.75, 3.05) is 11.9 Å². The summed E-state index contributed by atoms with van der Waals surface area (Å²) in [6.07, 6.45) is 2.17. The first-order chi connectivity index (χ1) is 14.2. The maximum atomic E-state index is 12.0. The third-order valence-corrected chi connectivity index (χ3v) is 4.51. The number of hydrogen-bond acceptors (Lipinski definition) is 6. The highest BCUT2D eigenvalue weighted by atomic mass is 16.2. The van der Waals surface area contributed by atoms with Crippen LogP contribution in [-0.2, 0) is 11.3 Å². The summed E-state index contributed by atoms with van der Waals surface area (Å²) < 4.78 is 1.84. The lowest BCUT2D eigenvalue weighted by molar-refractivity contribution is -0.118. The van der Waals surface area contributed by atoms with Crippen molar-refractivity contribution in [1.29, 1.82) is 0 Å². The molecule has 0 bridgehead atoms. The van der Waals surface area contributed by atoms with Gasteiger partial charge in [-0.2, -0.15) is 0 Å². The Balaban J connectivity index is 1.28. The quantitative estimate of drug-likeness (QED) is 0.568. The van der Waals surface area contributed by atoms with Crippen molar-refractivity contribution in [2.45, 2.75) is 25.4 Å². The van der Waals surface area contributed by atoms with Crippen molar-refractivity contribution >= 4 is 17.6 Å². The third-order valence-electron chi connectivity index (χ3n) is 4.51. The van der Waals surface area contributed by atoms with Crippen molar-refractivity contribution in [2.24, 2.45) is 0 Å². The van der Waals surface area contributed by atoms with Gasteiger partial charge in [0, 0.05) is 17.8 Å². The SMILES string of the molecule is O=C(CNc1cccc(-c2nnnn2C2CC2)c1)NC(=O)NCc1ccccc1. The number of carbonyl (C=O) groups excluding carboxylic acids is 2. The highest BCUT2D eigenvalue weighted by molar-refractivity contribution is 5.96. The fourth-order valence-electron chi connectivity index (χ4n) is 2.89. The number of nitrogens with one attached hydrogen (secondary N) is 3. The van der Waals surface area contributed by atoms with Crippen molar-refractivity contribution < 1.29 is 9.59 Å². The minimum Gasteiger partial charge on any atom is -0.376 e. The molecule has 1 aliphatic carbocycles. The first-order valence-corrected chi connectivity index (χ1v) is 9.43. The van der Waals surface area contributed by atoms with E-state index in [9.17, 15) is 9.59 Å². The smallest absolute Gasteiger partial charge is 0.321 e. The van der Waals surface area contributed by atoms with Crippen molar-refractivity contribution in [3.63, 3.8) is 0 Å². The Bertz CT molecular complexity index is 999. The van der Waals surface area contributed by atoms with Gasteiger partial charge >= 0.3 is 6.03 Å². The molecule has 0 atom stereocenters. The number of urea groups is 1. The van der Waals surface area contributed by atoms with Gasteiger partial charge < -0.3 is 10.6 Å². The average molecular weight is 391 g/mol. The molecule has 4 rings (SSSR count). The van der Waals surface area contributed by atoms with E-state index >= 15 is 0 Å². The Kier molecular flexibility index (Phi) is 5.46. The van der Waals surface area contributed by atoms with Gasteiger partial charge in [0.1, 0.15) is 0 Å². The molecule has 148 valence electrons. The second kappa shape index (κ2) is 8.51. The summed E-state index contributed by atoms with van der Waals surface area (Å²) in [5, 5.41) is 19.9. The van der Waals surface area contributed by atoms with Gasteiger partial charge in [-0.1, -0.05) is 42.5 Å². The molecule has 1 aromatic heterocycles. The van der Waals surface area contributed by atoms with Gasteiger partial charge in [-0.25, -0.2) is 9.48 Å². The van der Waals surface area contributed by atoms with Crippen LogP contribution in [0.15, 0.2) is 54.6 Å². The summed E-state index contributed by atoms with van der Waals surface area (Å²) in [7, 11) is 0. The lowest BCUT2D eigenvalue weighted by Crippen LogP contribution is -2.41. The van der Waals surface area contributed by atoms with E-state index < -0.39 is 11.9 Å². The van der Waals surface area contributed by atoms with Gasteiger partial charge in [0.05, 0.1) is 12.6 Å². The highest BCUT2D eigenvalue weighted by Gasteiger charge is 2.28. The van der Waals surface area contributed by atoms with E-state index in [4.69, 9.17) is 0 Å². The topological polar surface area (TPSA) is 114 Å². The molecule has 0 aliphatic heterocycles. The predicted octanol–water partition coefficient (Wildman–Crippen LogP) is 2.11. The highest BCUT2D eigenvalue weighted by Crippen LogP contribution is 2.36. The maximum Gasteiger partial charge on any atom is 0.321 e. The van der Waals surface area contributed by atoms with Crippen molar-refractivity contribution in [3.8, 4) is 11.4 Å². The summed E-state index contributed by atoms with van der Waals surface area (Å²) in [5.74, 6) is 0.282. The molecule has 0 radical (unpaired) electrons. The van der Waals surface area contributed by atoms with E-state index in [1.54, 1.807) is 0 Å². The molecular formula is C20H21N7O2. The van der Waals surface area contributed by atoms with E-state index in [2.05, 4.69) is 31.5 Å². The fraction of sp³-hybridized carbons (Fsp3) is 0.250. The lowest BCUT2D eigenvalue weighted by Gasteiger charge is -2.10. The first-order valence-electron chi connectivity index (χ1n) is 9.43. The molecule has 0 spiro atoms. The number of imide groups is 1. The second-order valence-electron chi connectivity index (χ2n) is 6.83. The van der Waals surface area contributed by atoms with E-state index in [0.717, 1.165) is 29.7 Å². The first kappa shape index (κ1) is 18.6. The fourth-order valence-corrected chi connectivity index (χ4v) is 2.89. The van der Waals surface area contributed by atoms with Gasteiger partial charge in [-0.3, -0.25) is 10.1 Å². The molecular weight excluding hydrogens is 370 g/mol. The molecule has 3 amide bonds. The molecule has 1 fully saturated rings. The molecule has 29 heavy (non-hydrogen) atoms. The van der Waals surface area contributed by atoms with Crippen LogP contribution in [0, 0.1) is 0 Å². The lowest BCUT2D eigenvalue weighted by atomic mass is 10.2. The van der Waals surface area contributed by atoms with Gasteiger partial charge in [0.2, 0.25) is 5.91 Å². The van der Waals surface area contributed by atoms with Crippen LogP contribution < -0.4 is 16.0 Å². The van der Waals surface area contributed by atoms with Gasteiger partial charge in [-0.15, -0.1) is 5.10 Å². The minimum atomic E-state index is -0.530. The number of rotatable bonds is 7. The Labute approximate surface area is 167 Å². The zero-order valence-corrected chi connectivity index (χ0v) is 15.7. The molecule has 1 saturated carbocycles. The Hall–Kier alpha value is -3.75. The zero-order valence-electron chi connectivity index (χ0n) is 15.7. The standard InChI is InChI=1S/C20H21N7O2/c28-18(23-20(29)22-12-14-5-2-1-3-6-14)13-21-16-8-4-7-15(11-16)19-24-25-26-27(19)17-9-10-17/h1-8,11,17,21H,9-10,12-13H2,(H2,22,23,28,29). The van der Waals surface area contributed by atoms with Gasteiger partial charge in [-0.05, 0) is 41.0 Å². The summed E-state index contributed by atoms with van der Waals surface area (Å²) in [5.41, 5.74) is 2.57. The molecule has 1 heterocycles. The zero-order chi connectivity index (χ0) is 20.1. The van der Waals surface area contributed by atoms with Crippen LogP contribution in [0.25, 0.3) is 11.4 Å². The summed E-state index contributed by atoms with van der Waals surface area (Å²) in [4.78, 5) is 23.9. The second-order valence-corrected chi connectivity index (χ2v) is 6.83. The van der Waals surface area contributed by atoms with Crippen LogP contribution in [-0.4, -0.2) is 38.7 Å². The number of amides is 3. The number of hydrogen-bond donors (Lipinski definition) is 3. The molecule has 0 unspecified atom stereocenters. The molecule has 1 aliphatic rings. The Morgan fingerprint density at radius 2 is 1.90 bits per heavy atom. The van der Waals surface area contributed by atoms with Gasteiger partial charge in [0.15, 0.2) is 5.82 Å². The number of carbonyl (C=O) groups is 2. The minimum absolute atomic E-state index is 0.0320. The van der Waals surface area contributed by atoms with E-state index in [-0.39, 0.29) is 6.54 Å². The molecule has 0 saturated heterocycles. The normalized spacial score (nSPS) is 13.0. The Morgan fingerprint density at radius 1 is 1.07 bits per heavy atom. The van der Waals surface area contributed by atoms with E-state index in [1.165, 1.54) is 0 Å². The molecule has 3 N–H and O–H groups in total. The number of nitrogens with zero attached hydrogens (tertiary/aromatic N) is 4. The summed E-state index contributed by atoms with van der Waals surface area (Å²) >= 11 is 0. The monoisotopic (exact) mass is 391 g/mol. The summed E-state index contributed by atoms with van der Waals surface area (Å²) in [6.45, 7) is 0.320. The number of benzene rings is 2. The molecule has 2 aromatic carbocycles. The largest absolute Gasteiger partial charge is 0.376 e.